The van der Waals surface area contributed by atoms with Gasteiger partial charge in [-0.05, 0) is 37.1 Å². The lowest BCUT2D eigenvalue weighted by atomic mass is 10.3. The summed E-state index contributed by atoms with van der Waals surface area (Å²) >= 11 is 0. The predicted octanol–water partition coefficient (Wildman–Crippen LogP) is 2.25. The molecule has 3 rings (SSSR count). The Bertz CT molecular complexity index is 608. The van der Waals surface area contributed by atoms with Gasteiger partial charge in [0.25, 0.3) is 5.91 Å². The van der Waals surface area contributed by atoms with E-state index in [-0.39, 0.29) is 11.7 Å². The number of carbonyl (C=O) groups is 1. The highest BCUT2D eigenvalue weighted by atomic mass is 19.1. The van der Waals surface area contributed by atoms with E-state index in [0.29, 0.717) is 23.2 Å². The molecule has 1 amide bonds. The third kappa shape index (κ3) is 3.09. The van der Waals surface area contributed by atoms with Crippen molar-refractivity contribution >= 4 is 17.5 Å². The van der Waals surface area contributed by atoms with Crippen molar-refractivity contribution < 1.29 is 9.18 Å². The summed E-state index contributed by atoms with van der Waals surface area (Å²) in [6, 6.07) is 6.18. The number of benzene rings is 1. The summed E-state index contributed by atoms with van der Waals surface area (Å²) in [5.74, 6) is -0.0935. The molecule has 0 atom stereocenters. The fourth-order valence-corrected chi connectivity index (χ4v) is 1.67. The summed E-state index contributed by atoms with van der Waals surface area (Å²) in [5, 5.41) is 5.79. The minimum atomic E-state index is -0.302. The van der Waals surface area contributed by atoms with E-state index in [1.807, 2.05) is 0 Å². The molecule has 1 aromatic heterocycles. The summed E-state index contributed by atoms with van der Waals surface area (Å²) < 4.78 is 12.8. The molecule has 0 saturated heterocycles. The molecular weight excluding hydrogens is 259 g/mol. The van der Waals surface area contributed by atoms with Crippen molar-refractivity contribution in [3.63, 3.8) is 0 Å². The van der Waals surface area contributed by atoms with Crippen LogP contribution in [0.25, 0.3) is 0 Å². The molecule has 1 saturated carbocycles. The molecule has 0 unspecified atom stereocenters. The predicted molar refractivity (Wildman–Crippen MR) is 72.2 cm³/mol. The summed E-state index contributed by atoms with van der Waals surface area (Å²) in [6.45, 7) is 0. The first kappa shape index (κ1) is 12.5. The van der Waals surface area contributed by atoms with Crippen LogP contribution in [0.15, 0.2) is 36.7 Å². The van der Waals surface area contributed by atoms with Crippen molar-refractivity contribution in [3.8, 4) is 0 Å². The standard InChI is InChI=1S/C14H13FN4O/c15-10-1-3-12(4-2-10)19-14-16-7-9(8-17-14)13(20)18-11-5-6-11/h1-4,7-8,11H,5-6H2,(H,18,20)(H,16,17,19). The minimum Gasteiger partial charge on any atom is -0.349 e. The second kappa shape index (κ2) is 5.24. The second-order valence-electron chi connectivity index (χ2n) is 4.67. The van der Waals surface area contributed by atoms with Crippen molar-refractivity contribution in [1.29, 1.82) is 0 Å². The van der Waals surface area contributed by atoms with E-state index in [0.717, 1.165) is 12.8 Å². The molecular formula is C14H13FN4O. The lowest BCUT2D eigenvalue weighted by molar-refractivity contribution is 0.0950. The van der Waals surface area contributed by atoms with E-state index in [2.05, 4.69) is 20.6 Å². The molecule has 6 heteroatoms. The normalized spacial score (nSPS) is 13.8. The highest BCUT2D eigenvalue weighted by molar-refractivity contribution is 5.94. The quantitative estimate of drug-likeness (QED) is 0.895. The molecule has 1 aliphatic rings. The number of hydrogen-bond acceptors (Lipinski definition) is 4. The number of amides is 1. The first-order valence-corrected chi connectivity index (χ1v) is 6.36. The van der Waals surface area contributed by atoms with Crippen LogP contribution in [0.3, 0.4) is 0 Å². The maximum absolute atomic E-state index is 12.8. The summed E-state index contributed by atoms with van der Waals surface area (Å²) in [4.78, 5) is 19.9. The third-order valence-electron chi connectivity index (χ3n) is 2.93. The van der Waals surface area contributed by atoms with Crippen molar-refractivity contribution in [2.45, 2.75) is 18.9 Å². The number of anilines is 2. The van der Waals surface area contributed by atoms with Crippen LogP contribution in [0.5, 0.6) is 0 Å². The van der Waals surface area contributed by atoms with E-state index < -0.39 is 0 Å². The van der Waals surface area contributed by atoms with Gasteiger partial charge in [0.05, 0.1) is 5.56 Å². The van der Waals surface area contributed by atoms with Crippen LogP contribution in [-0.4, -0.2) is 21.9 Å². The van der Waals surface area contributed by atoms with Crippen LogP contribution >= 0.6 is 0 Å². The van der Waals surface area contributed by atoms with Gasteiger partial charge in [-0.15, -0.1) is 0 Å². The Morgan fingerprint density at radius 1 is 1.15 bits per heavy atom. The van der Waals surface area contributed by atoms with Crippen molar-refractivity contribution in [2.24, 2.45) is 0 Å². The molecule has 1 fully saturated rings. The van der Waals surface area contributed by atoms with Gasteiger partial charge in [-0.3, -0.25) is 4.79 Å². The number of nitrogens with one attached hydrogen (secondary N) is 2. The van der Waals surface area contributed by atoms with E-state index in [4.69, 9.17) is 0 Å². The topological polar surface area (TPSA) is 66.9 Å². The smallest absolute Gasteiger partial charge is 0.254 e. The Labute approximate surface area is 115 Å². The van der Waals surface area contributed by atoms with E-state index >= 15 is 0 Å². The summed E-state index contributed by atoms with van der Waals surface area (Å²) in [7, 11) is 0. The van der Waals surface area contributed by atoms with Gasteiger partial charge in [0, 0.05) is 24.1 Å². The van der Waals surface area contributed by atoms with Gasteiger partial charge < -0.3 is 10.6 Å². The SMILES string of the molecule is O=C(NC1CC1)c1cnc(Nc2ccc(F)cc2)nc1. The largest absolute Gasteiger partial charge is 0.349 e. The van der Waals surface area contributed by atoms with Gasteiger partial charge in [-0.2, -0.15) is 0 Å². The van der Waals surface area contributed by atoms with Crippen LogP contribution in [-0.2, 0) is 0 Å². The van der Waals surface area contributed by atoms with Crippen molar-refractivity contribution in [3.05, 3.63) is 48.0 Å². The zero-order chi connectivity index (χ0) is 13.9. The van der Waals surface area contributed by atoms with Gasteiger partial charge in [0.1, 0.15) is 5.82 Å². The van der Waals surface area contributed by atoms with Crippen LogP contribution < -0.4 is 10.6 Å². The average Bonchev–Trinajstić information content (AvgIpc) is 3.26. The lowest BCUT2D eigenvalue weighted by Gasteiger charge is -2.06. The molecule has 1 heterocycles. The Kier molecular flexibility index (Phi) is 3.28. The summed E-state index contributed by atoms with van der Waals surface area (Å²) in [6.07, 6.45) is 5.01. The van der Waals surface area contributed by atoms with Crippen LogP contribution in [0.2, 0.25) is 0 Å². The van der Waals surface area contributed by atoms with E-state index in [1.54, 1.807) is 12.1 Å². The Morgan fingerprint density at radius 2 is 1.80 bits per heavy atom. The first-order valence-electron chi connectivity index (χ1n) is 6.36. The van der Waals surface area contributed by atoms with Crippen LogP contribution in [0, 0.1) is 5.82 Å². The fourth-order valence-electron chi connectivity index (χ4n) is 1.67. The number of halogens is 1. The molecule has 0 spiro atoms. The molecule has 5 nitrogen and oxygen atoms in total. The molecule has 2 N–H and O–H groups in total. The fraction of sp³-hybridized carbons (Fsp3) is 0.214. The maximum atomic E-state index is 12.8. The van der Waals surface area contributed by atoms with Crippen LogP contribution in [0.1, 0.15) is 23.2 Å². The zero-order valence-corrected chi connectivity index (χ0v) is 10.6. The van der Waals surface area contributed by atoms with Crippen molar-refractivity contribution in [2.75, 3.05) is 5.32 Å². The van der Waals surface area contributed by atoms with Crippen LogP contribution in [0.4, 0.5) is 16.0 Å². The molecule has 0 radical (unpaired) electrons. The molecule has 2 aromatic rings. The van der Waals surface area contributed by atoms with Gasteiger partial charge >= 0.3 is 0 Å². The molecule has 1 aliphatic carbocycles. The molecule has 1 aromatic carbocycles. The first-order chi connectivity index (χ1) is 9.70. The van der Waals surface area contributed by atoms with Gasteiger partial charge in [-0.25, -0.2) is 14.4 Å². The maximum Gasteiger partial charge on any atom is 0.254 e. The van der Waals surface area contributed by atoms with E-state index in [1.165, 1.54) is 24.5 Å². The van der Waals surface area contributed by atoms with Gasteiger partial charge in [0.15, 0.2) is 0 Å². The third-order valence-corrected chi connectivity index (χ3v) is 2.93. The highest BCUT2D eigenvalue weighted by Crippen LogP contribution is 2.19. The van der Waals surface area contributed by atoms with Crippen molar-refractivity contribution in [1.82, 2.24) is 15.3 Å². The Morgan fingerprint density at radius 3 is 2.40 bits per heavy atom. The van der Waals surface area contributed by atoms with Gasteiger partial charge in [-0.1, -0.05) is 0 Å². The second-order valence-corrected chi connectivity index (χ2v) is 4.67. The Balaban J connectivity index is 1.66. The number of aromatic nitrogens is 2. The zero-order valence-electron chi connectivity index (χ0n) is 10.6. The Hall–Kier alpha value is -2.50. The molecule has 102 valence electrons. The summed E-state index contributed by atoms with van der Waals surface area (Å²) in [5.41, 5.74) is 1.11. The molecule has 0 bridgehead atoms. The highest BCUT2D eigenvalue weighted by Gasteiger charge is 2.23. The number of hydrogen-bond donors (Lipinski definition) is 2. The number of rotatable bonds is 4. The van der Waals surface area contributed by atoms with Gasteiger partial charge in [0.2, 0.25) is 5.95 Å². The monoisotopic (exact) mass is 272 g/mol. The lowest BCUT2D eigenvalue weighted by Crippen LogP contribution is -2.25. The number of carbonyl (C=O) groups excluding carboxylic acids is 1. The molecule has 20 heavy (non-hydrogen) atoms. The van der Waals surface area contributed by atoms with E-state index in [9.17, 15) is 9.18 Å². The minimum absolute atomic E-state index is 0.152. The number of nitrogens with zero attached hydrogens (tertiary/aromatic N) is 2. The molecule has 0 aliphatic heterocycles. The average molecular weight is 272 g/mol.